The van der Waals surface area contributed by atoms with Crippen molar-refractivity contribution in [1.82, 2.24) is 0 Å². The molecule has 0 heterocycles. The lowest BCUT2D eigenvalue weighted by Crippen LogP contribution is -2.04. The van der Waals surface area contributed by atoms with E-state index in [1.807, 2.05) is 6.07 Å². The Bertz CT molecular complexity index is 321. The van der Waals surface area contributed by atoms with Crippen LogP contribution in [0.5, 0.6) is 5.75 Å². The van der Waals surface area contributed by atoms with E-state index in [9.17, 15) is 9.90 Å². The van der Waals surface area contributed by atoms with E-state index in [0.29, 0.717) is 6.42 Å². The third kappa shape index (κ3) is 2.46. The van der Waals surface area contributed by atoms with Crippen molar-refractivity contribution < 1.29 is 9.90 Å². The zero-order chi connectivity index (χ0) is 9.84. The lowest BCUT2D eigenvalue weighted by molar-refractivity contribution is -0.116. The maximum Gasteiger partial charge on any atom is 0.151 e. The van der Waals surface area contributed by atoms with Gasteiger partial charge in [0, 0.05) is 6.42 Å². The van der Waals surface area contributed by atoms with E-state index in [-0.39, 0.29) is 17.4 Å². The van der Waals surface area contributed by atoms with Crippen LogP contribution in [-0.4, -0.2) is 16.8 Å². The van der Waals surface area contributed by atoms with Crippen LogP contribution in [0.3, 0.4) is 0 Å². The summed E-state index contributed by atoms with van der Waals surface area (Å²) in [5.41, 5.74) is 1.59. The molecule has 0 saturated carbocycles. The van der Waals surface area contributed by atoms with Crippen molar-refractivity contribution in [3.8, 4) is 5.75 Å². The van der Waals surface area contributed by atoms with E-state index < -0.39 is 0 Å². The molecule has 1 aromatic rings. The number of halogens is 1. The van der Waals surface area contributed by atoms with Crippen molar-refractivity contribution in [2.75, 3.05) is 5.88 Å². The summed E-state index contributed by atoms with van der Waals surface area (Å²) in [4.78, 5) is 11.0. The first-order chi connectivity index (χ1) is 6.15. The number of carbonyl (C=O) groups excluding carboxylic acids is 1. The number of benzene rings is 1. The van der Waals surface area contributed by atoms with Gasteiger partial charge in [0.2, 0.25) is 0 Å². The van der Waals surface area contributed by atoms with Gasteiger partial charge in [0.15, 0.2) is 5.78 Å². The van der Waals surface area contributed by atoms with E-state index in [2.05, 4.69) is 0 Å². The third-order valence-electron chi connectivity index (χ3n) is 1.95. The van der Waals surface area contributed by atoms with Gasteiger partial charge >= 0.3 is 0 Å². The lowest BCUT2D eigenvalue weighted by atomic mass is 10.0. The predicted octanol–water partition coefficient (Wildman–Crippen LogP) is 2.05. The number of rotatable bonds is 3. The number of hydrogen-bond acceptors (Lipinski definition) is 2. The normalized spacial score (nSPS) is 10.0. The molecular formula is C10H11ClO2. The Balaban J connectivity index is 2.89. The molecule has 0 aliphatic carbocycles. The summed E-state index contributed by atoms with van der Waals surface area (Å²) < 4.78 is 0. The van der Waals surface area contributed by atoms with E-state index in [0.717, 1.165) is 11.1 Å². The first-order valence-corrected chi connectivity index (χ1v) is 4.53. The smallest absolute Gasteiger partial charge is 0.151 e. The number of ketones is 1. The third-order valence-corrected chi connectivity index (χ3v) is 2.25. The molecule has 1 aromatic carbocycles. The molecular weight excluding hydrogens is 188 g/mol. The molecule has 1 rings (SSSR count). The molecule has 1 N–H and O–H groups in total. The van der Waals surface area contributed by atoms with Crippen molar-refractivity contribution in [3.05, 3.63) is 29.3 Å². The van der Waals surface area contributed by atoms with Gasteiger partial charge in [-0.15, -0.1) is 11.6 Å². The van der Waals surface area contributed by atoms with E-state index in [4.69, 9.17) is 11.6 Å². The molecule has 2 nitrogen and oxygen atoms in total. The van der Waals surface area contributed by atoms with Gasteiger partial charge in [-0.05, 0) is 24.1 Å². The molecule has 0 amide bonds. The maximum atomic E-state index is 11.0. The van der Waals surface area contributed by atoms with Crippen molar-refractivity contribution in [2.24, 2.45) is 0 Å². The predicted molar refractivity (Wildman–Crippen MR) is 52.3 cm³/mol. The first kappa shape index (κ1) is 10.1. The molecule has 0 fully saturated rings. The van der Waals surface area contributed by atoms with Gasteiger partial charge in [-0.1, -0.05) is 12.1 Å². The summed E-state index contributed by atoms with van der Waals surface area (Å²) in [6.07, 6.45) is 0.295. The summed E-state index contributed by atoms with van der Waals surface area (Å²) in [6, 6.07) is 5.14. The average molecular weight is 199 g/mol. The Morgan fingerprint density at radius 1 is 1.54 bits per heavy atom. The standard InChI is InChI=1S/C10H11ClO2/c1-7-8(5-9(12)6-11)3-2-4-10(7)13/h2-4,13H,5-6H2,1H3. The minimum Gasteiger partial charge on any atom is -0.508 e. The summed E-state index contributed by atoms with van der Waals surface area (Å²) in [6.45, 7) is 1.78. The highest BCUT2D eigenvalue weighted by atomic mass is 35.5. The summed E-state index contributed by atoms with van der Waals surface area (Å²) in [5, 5.41) is 9.34. The number of hydrogen-bond donors (Lipinski definition) is 1. The number of carbonyl (C=O) groups is 1. The van der Waals surface area contributed by atoms with Gasteiger partial charge in [0.1, 0.15) is 5.75 Å². The molecule has 70 valence electrons. The second-order valence-corrected chi connectivity index (χ2v) is 3.18. The largest absolute Gasteiger partial charge is 0.508 e. The Morgan fingerprint density at radius 3 is 2.85 bits per heavy atom. The second-order valence-electron chi connectivity index (χ2n) is 2.91. The molecule has 0 aliphatic heterocycles. The maximum absolute atomic E-state index is 11.0. The van der Waals surface area contributed by atoms with Gasteiger partial charge in [0.25, 0.3) is 0 Å². The SMILES string of the molecule is Cc1c(O)cccc1CC(=O)CCl. The Kier molecular flexibility index (Phi) is 3.32. The van der Waals surface area contributed by atoms with Crippen molar-refractivity contribution in [1.29, 1.82) is 0 Å². The topological polar surface area (TPSA) is 37.3 Å². The number of aromatic hydroxyl groups is 1. The molecule has 0 aromatic heterocycles. The second kappa shape index (κ2) is 4.28. The van der Waals surface area contributed by atoms with Crippen LogP contribution in [0, 0.1) is 6.92 Å². The molecule has 0 unspecified atom stereocenters. The van der Waals surface area contributed by atoms with Gasteiger partial charge in [-0.25, -0.2) is 0 Å². The monoisotopic (exact) mass is 198 g/mol. The zero-order valence-corrected chi connectivity index (χ0v) is 8.14. The van der Waals surface area contributed by atoms with Crippen LogP contribution in [0.25, 0.3) is 0 Å². The van der Waals surface area contributed by atoms with Gasteiger partial charge in [0.05, 0.1) is 5.88 Å². The Morgan fingerprint density at radius 2 is 2.23 bits per heavy atom. The minimum atomic E-state index is -0.0321. The number of phenolic OH excluding ortho intramolecular Hbond substituents is 1. The van der Waals surface area contributed by atoms with E-state index >= 15 is 0 Å². The van der Waals surface area contributed by atoms with Crippen LogP contribution in [0.15, 0.2) is 18.2 Å². The fraction of sp³-hybridized carbons (Fsp3) is 0.300. The number of Topliss-reactive ketones (excluding diaryl/α,β-unsaturated/α-hetero) is 1. The quantitative estimate of drug-likeness (QED) is 0.755. The molecule has 0 aliphatic rings. The van der Waals surface area contributed by atoms with Crippen LogP contribution in [-0.2, 0) is 11.2 Å². The number of phenols is 1. The molecule has 0 atom stereocenters. The molecule has 0 radical (unpaired) electrons. The lowest BCUT2D eigenvalue weighted by Gasteiger charge is -2.05. The molecule has 13 heavy (non-hydrogen) atoms. The minimum absolute atomic E-state index is 0.0229. The summed E-state index contributed by atoms with van der Waals surface area (Å²) in [7, 11) is 0. The van der Waals surface area contributed by atoms with Crippen LogP contribution < -0.4 is 0 Å². The van der Waals surface area contributed by atoms with Crippen LogP contribution >= 0.6 is 11.6 Å². The average Bonchev–Trinajstić information content (AvgIpc) is 2.13. The van der Waals surface area contributed by atoms with E-state index in [1.165, 1.54) is 0 Å². The molecule has 3 heteroatoms. The van der Waals surface area contributed by atoms with E-state index in [1.54, 1.807) is 19.1 Å². The Hall–Kier alpha value is -1.02. The number of alkyl halides is 1. The Labute approximate surface area is 82.2 Å². The highest BCUT2D eigenvalue weighted by Crippen LogP contribution is 2.19. The van der Waals surface area contributed by atoms with Gasteiger partial charge < -0.3 is 5.11 Å². The molecule has 0 spiro atoms. The van der Waals surface area contributed by atoms with Gasteiger partial charge in [-0.3, -0.25) is 4.79 Å². The fourth-order valence-electron chi connectivity index (χ4n) is 1.12. The fourth-order valence-corrected chi connectivity index (χ4v) is 1.22. The van der Waals surface area contributed by atoms with Crippen molar-refractivity contribution >= 4 is 17.4 Å². The summed E-state index contributed by atoms with van der Waals surface area (Å²) >= 11 is 5.38. The molecule has 0 saturated heterocycles. The van der Waals surface area contributed by atoms with Crippen molar-refractivity contribution in [3.63, 3.8) is 0 Å². The van der Waals surface area contributed by atoms with Crippen LogP contribution in [0.1, 0.15) is 11.1 Å². The van der Waals surface area contributed by atoms with Gasteiger partial charge in [-0.2, -0.15) is 0 Å². The highest BCUT2D eigenvalue weighted by Gasteiger charge is 2.06. The van der Waals surface area contributed by atoms with Crippen LogP contribution in [0.4, 0.5) is 0 Å². The van der Waals surface area contributed by atoms with Crippen molar-refractivity contribution in [2.45, 2.75) is 13.3 Å². The molecule has 0 bridgehead atoms. The first-order valence-electron chi connectivity index (χ1n) is 4.00. The zero-order valence-electron chi connectivity index (χ0n) is 7.38. The summed E-state index contributed by atoms with van der Waals surface area (Å²) in [5.74, 6) is 0.213. The van der Waals surface area contributed by atoms with Crippen LogP contribution in [0.2, 0.25) is 0 Å². The highest BCUT2D eigenvalue weighted by molar-refractivity contribution is 6.27.